The molecular weight excluding hydrogens is 152 g/mol. The van der Waals surface area contributed by atoms with Crippen molar-refractivity contribution in [2.75, 3.05) is 20.1 Å². The van der Waals surface area contributed by atoms with Crippen LogP contribution in [0.4, 0.5) is 0 Å². The van der Waals surface area contributed by atoms with Gasteiger partial charge < -0.3 is 10.3 Å². The topological polar surface area (TPSA) is 44.0 Å². The van der Waals surface area contributed by atoms with Gasteiger partial charge in [-0.3, -0.25) is 4.90 Å². The third kappa shape index (κ3) is 1.49. The molecule has 1 saturated heterocycles. The Morgan fingerprint density at radius 1 is 1.67 bits per heavy atom. The van der Waals surface area contributed by atoms with Gasteiger partial charge in [-0.05, 0) is 7.05 Å². The first-order valence-electron chi connectivity index (χ1n) is 4.25. The van der Waals surface area contributed by atoms with Crippen molar-refractivity contribution in [1.29, 1.82) is 0 Å². The van der Waals surface area contributed by atoms with Gasteiger partial charge in [0.1, 0.15) is 5.82 Å². The summed E-state index contributed by atoms with van der Waals surface area (Å²) in [5.74, 6) is 1.05. The van der Waals surface area contributed by atoms with Gasteiger partial charge in [0.05, 0.1) is 6.54 Å². The standard InChI is InChI=1S/C8H14N4/c1-12(7-4-9-5-7)6-8-10-2-3-11-8/h2-3,7,9H,4-6H2,1H3,(H,10,11). The van der Waals surface area contributed by atoms with Crippen molar-refractivity contribution in [2.24, 2.45) is 0 Å². The number of H-pyrrole nitrogens is 1. The zero-order chi connectivity index (χ0) is 8.39. The highest BCUT2D eigenvalue weighted by Crippen LogP contribution is 2.05. The van der Waals surface area contributed by atoms with Crippen molar-refractivity contribution in [3.8, 4) is 0 Å². The molecule has 4 heteroatoms. The summed E-state index contributed by atoms with van der Waals surface area (Å²) in [5.41, 5.74) is 0. The van der Waals surface area contributed by atoms with E-state index in [1.54, 1.807) is 6.20 Å². The summed E-state index contributed by atoms with van der Waals surface area (Å²) in [5, 5.41) is 3.25. The maximum atomic E-state index is 4.18. The first-order chi connectivity index (χ1) is 5.86. The van der Waals surface area contributed by atoms with Crippen molar-refractivity contribution < 1.29 is 0 Å². The van der Waals surface area contributed by atoms with E-state index in [9.17, 15) is 0 Å². The molecule has 1 fully saturated rings. The average molecular weight is 166 g/mol. The van der Waals surface area contributed by atoms with Crippen LogP contribution in [0.2, 0.25) is 0 Å². The molecule has 0 saturated carbocycles. The lowest BCUT2D eigenvalue weighted by Gasteiger charge is -2.35. The second-order valence-corrected chi connectivity index (χ2v) is 3.26. The maximum Gasteiger partial charge on any atom is 0.120 e. The summed E-state index contributed by atoms with van der Waals surface area (Å²) in [6.45, 7) is 3.13. The Morgan fingerprint density at radius 2 is 2.50 bits per heavy atom. The molecular formula is C8H14N4. The first kappa shape index (κ1) is 7.76. The Morgan fingerprint density at radius 3 is 3.00 bits per heavy atom. The molecule has 66 valence electrons. The minimum atomic E-state index is 0.690. The Kier molecular flexibility index (Phi) is 2.10. The van der Waals surface area contributed by atoms with Gasteiger partial charge in [0.25, 0.3) is 0 Å². The zero-order valence-corrected chi connectivity index (χ0v) is 7.25. The Hall–Kier alpha value is -0.870. The van der Waals surface area contributed by atoms with Crippen LogP contribution in [-0.4, -0.2) is 41.0 Å². The van der Waals surface area contributed by atoms with Gasteiger partial charge in [-0.25, -0.2) is 4.98 Å². The van der Waals surface area contributed by atoms with Crippen molar-refractivity contribution in [3.05, 3.63) is 18.2 Å². The van der Waals surface area contributed by atoms with Gasteiger partial charge in [0.2, 0.25) is 0 Å². The van der Waals surface area contributed by atoms with Crippen LogP contribution in [0.1, 0.15) is 5.82 Å². The number of aromatic amines is 1. The summed E-state index contributed by atoms with van der Waals surface area (Å²) >= 11 is 0. The lowest BCUT2D eigenvalue weighted by atomic mass is 10.1. The van der Waals surface area contributed by atoms with E-state index >= 15 is 0 Å². The molecule has 0 bridgehead atoms. The molecule has 2 N–H and O–H groups in total. The van der Waals surface area contributed by atoms with Gasteiger partial charge in [-0.15, -0.1) is 0 Å². The predicted molar refractivity (Wildman–Crippen MR) is 46.7 cm³/mol. The van der Waals surface area contributed by atoms with Crippen LogP contribution in [0.25, 0.3) is 0 Å². The smallest absolute Gasteiger partial charge is 0.120 e. The van der Waals surface area contributed by atoms with Crippen molar-refractivity contribution >= 4 is 0 Å². The summed E-state index contributed by atoms with van der Waals surface area (Å²) in [7, 11) is 2.13. The number of imidazole rings is 1. The first-order valence-corrected chi connectivity index (χ1v) is 4.25. The second-order valence-electron chi connectivity index (χ2n) is 3.26. The van der Waals surface area contributed by atoms with Gasteiger partial charge in [0.15, 0.2) is 0 Å². The number of hydrogen-bond donors (Lipinski definition) is 2. The van der Waals surface area contributed by atoms with Crippen LogP contribution in [-0.2, 0) is 6.54 Å². The molecule has 0 aromatic carbocycles. The number of aromatic nitrogens is 2. The van der Waals surface area contributed by atoms with E-state index in [0.717, 1.165) is 25.5 Å². The SMILES string of the molecule is CN(Cc1ncc[nH]1)C1CNC1. The average Bonchev–Trinajstić information content (AvgIpc) is 2.34. The monoisotopic (exact) mass is 166 g/mol. The molecule has 1 aliphatic heterocycles. The van der Waals surface area contributed by atoms with Crippen LogP contribution in [0, 0.1) is 0 Å². The van der Waals surface area contributed by atoms with Gasteiger partial charge in [-0.2, -0.15) is 0 Å². The van der Waals surface area contributed by atoms with E-state index in [1.807, 2.05) is 6.20 Å². The van der Waals surface area contributed by atoms with E-state index in [4.69, 9.17) is 0 Å². The molecule has 1 aliphatic rings. The lowest BCUT2D eigenvalue weighted by Crippen LogP contribution is -2.55. The molecule has 1 aromatic rings. The molecule has 1 aromatic heterocycles. The minimum Gasteiger partial charge on any atom is -0.348 e. The molecule has 0 unspecified atom stereocenters. The Bertz CT molecular complexity index is 227. The molecule has 2 rings (SSSR count). The molecule has 0 radical (unpaired) electrons. The molecule has 4 nitrogen and oxygen atoms in total. The van der Waals surface area contributed by atoms with E-state index in [1.165, 1.54) is 0 Å². The van der Waals surface area contributed by atoms with Crippen LogP contribution in [0.3, 0.4) is 0 Å². The van der Waals surface area contributed by atoms with E-state index in [0.29, 0.717) is 6.04 Å². The summed E-state index contributed by atoms with van der Waals surface area (Å²) in [6, 6.07) is 0.690. The van der Waals surface area contributed by atoms with E-state index in [2.05, 4.69) is 27.2 Å². The van der Waals surface area contributed by atoms with Crippen LogP contribution >= 0.6 is 0 Å². The number of rotatable bonds is 3. The van der Waals surface area contributed by atoms with Crippen molar-refractivity contribution in [3.63, 3.8) is 0 Å². The summed E-state index contributed by atoms with van der Waals surface area (Å²) in [4.78, 5) is 9.59. The largest absolute Gasteiger partial charge is 0.348 e. The van der Waals surface area contributed by atoms with Crippen LogP contribution in [0.15, 0.2) is 12.4 Å². The van der Waals surface area contributed by atoms with E-state index < -0.39 is 0 Å². The number of hydrogen-bond acceptors (Lipinski definition) is 3. The third-order valence-electron chi connectivity index (χ3n) is 2.34. The van der Waals surface area contributed by atoms with E-state index in [-0.39, 0.29) is 0 Å². The highest BCUT2D eigenvalue weighted by atomic mass is 15.2. The lowest BCUT2D eigenvalue weighted by molar-refractivity contribution is 0.170. The molecule has 0 atom stereocenters. The van der Waals surface area contributed by atoms with Crippen molar-refractivity contribution in [1.82, 2.24) is 20.2 Å². The molecule has 2 heterocycles. The summed E-state index contributed by atoms with van der Waals surface area (Å²) in [6.07, 6.45) is 3.66. The number of likely N-dealkylation sites (N-methyl/N-ethyl adjacent to an activating group) is 1. The quantitative estimate of drug-likeness (QED) is 0.654. The highest BCUT2D eigenvalue weighted by Gasteiger charge is 2.21. The number of nitrogens with one attached hydrogen (secondary N) is 2. The fourth-order valence-corrected chi connectivity index (χ4v) is 1.33. The normalized spacial score (nSPS) is 18.2. The zero-order valence-electron chi connectivity index (χ0n) is 7.25. The summed E-state index contributed by atoms with van der Waals surface area (Å²) < 4.78 is 0. The molecule has 0 amide bonds. The Labute approximate surface area is 72.0 Å². The maximum absolute atomic E-state index is 4.18. The predicted octanol–water partition coefficient (Wildman–Crippen LogP) is -0.187. The third-order valence-corrected chi connectivity index (χ3v) is 2.34. The Balaban J connectivity index is 1.86. The fraction of sp³-hybridized carbons (Fsp3) is 0.625. The highest BCUT2D eigenvalue weighted by molar-refractivity contribution is 4.90. The minimum absolute atomic E-state index is 0.690. The van der Waals surface area contributed by atoms with Crippen LogP contribution < -0.4 is 5.32 Å². The molecule has 0 aliphatic carbocycles. The fourth-order valence-electron chi connectivity index (χ4n) is 1.33. The molecule has 12 heavy (non-hydrogen) atoms. The van der Waals surface area contributed by atoms with Crippen molar-refractivity contribution in [2.45, 2.75) is 12.6 Å². The van der Waals surface area contributed by atoms with Gasteiger partial charge in [0, 0.05) is 31.5 Å². The molecule has 0 spiro atoms. The number of nitrogens with zero attached hydrogens (tertiary/aromatic N) is 2. The van der Waals surface area contributed by atoms with Crippen LogP contribution in [0.5, 0.6) is 0 Å². The van der Waals surface area contributed by atoms with Gasteiger partial charge in [-0.1, -0.05) is 0 Å². The van der Waals surface area contributed by atoms with Gasteiger partial charge >= 0.3 is 0 Å². The second kappa shape index (κ2) is 3.25.